The Morgan fingerprint density at radius 1 is 1.43 bits per heavy atom. The zero-order valence-corrected chi connectivity index (χ0v) is 11.6. The van der Waals surface area contributed by atoms with Gasteiger partial charge in [0.1, 0.15) is 0 Å². The number of allylic oxidation sites excluding steroid dienone is 2. The Morgan fingerprint density at radius 3 is 2.76 bits per heavy atom. The Hall–Kier alpha value is -2.96. The number of hydrogen-bond acceptors (Lipinski definition) is 4. The van der Waals surface area contributed by atoms with E-state index in [4.69, 9.17) is 5.11 Å². The molecule has 7 heteroatoms. The molecule has 0 amide bonds. The zero-order chi connectivity index (χ0) is 15.4. The van der Waals surface area contributed by atoms with E-state index >= 15 is 0 Å². The summed E-state index contributed by atoms with van der Waals surface area (Å²) in [6.45, 7) is 3.61. The monoisotopic (exact) mass is 286 g/mol. The lowest BCUT2D eigenvalue weighted by Crippen LogP contribution is -2.43. The molecule has 0 atom stereocenters. The molecule has 0 fully saturated rings. The molecule has 0 aliphatic rings. The van der Waals surface area contributed by atoms with E-state index in [0.717, 1.165) is 0 Å². The Balaban J connectivity index is 2.65. The summed E-state index contributed by atoms with van der Waals surface area (Å²) in [6, 6.07) is 0. The molecule has 108 valence electrons. The Morgan fingerprint density at radius 2 is 2.19 bits per heavy atom. The summed E-state index contributed by atoms with van der Waals surface area (Å²) in [5, 5.41) is 13.7. The fourth-order valence-corrected chi connectivity index (χ4v) is 1.72. The number of aromatic amines is 1. The molecule has 2 N–H and O–H groups in total. The molecule has 0 unspecified atom stereocenters. The van der Waals surface area contributed by atoms with Crippen molar-refractivity contribution in [1.82, 2.24) is 19.7 Å². The van der Waals surface area contributed by atoms with Gasteiger partial charge in [-0.2, -0.15) is 5.10 Å². The predicted molar refractivity (Wildman–Crippen MR) is 77.6 cm³/mol. The number of carboxylic acid groups (broad SMARTS) is 1. The fraction of sp³-hybridized carbons (Fsp3) is 0.143. The molecule has 21 heavy (non-hydrogen) atoms. The van der Waals surface area contributed by atoms with Crippen LogP contribution in [0.3, 0.4) is 0 Å². The van der Waals surface area contributed by atoms with Crippen molar-refractivity contribution >= 4 is 18.1 Å². The number of aromatic carboxylic acids is 1. The standard InChI is InChI=1S/C14H14N4O3/c1-3-5-6-10-11(4-2)16-14(17-12(10)19)18-8-9(7-15-18)13(20)21/h3-8H,1-2H3,(H,20,21)(H,16,17,19). The molecule has 2 rings (SSSR count). The van der Waals surface area contributed by atoms with Crippen molar-refractivity contribution in [3.05, 3.63) is 51.0 Å². The highest BCUT2D eigenvalue weighted by Gasteiger charge is 2.09. The number of aromatic nitrogens is 4. The third kappa shape index (κ3) is 2.97. The van der Waals surface area contributed by atoms with Crippen molar-refractivity contribution in [2.75, 3.05) is 0 Å². The molecule has 0 bridgehead atoms. The van der Waals surface area contributed by atoms with E-state index in [-0.39, 0.29) is 17.1 Å². The lowest BCUT2D eigenvalue weighted by atomic mass is 10.3. The SMILES string of the molecule is CC=CC=c1c(=CC)nc(-n2cc(C(=O)O)cn2)[nH]c1=O. The molecule has 0 aromatic carbocycles. The molecule has 0 aliphatic heterocycles. The van der Waals surface area contributed by atoms with Crippen LogP contribution in [-0.2, 0) is 0 Å². The lowest BCUT2D eigenvalue weighted by molar-refractivity contribution is 0.0697. The van der Waals surface area contributed by atoms with E-state index in [2.05, 4.69) is 15.1 Å². The molecule has 2 aromatic rings. The second-order valence-corrected chi connectivity index (χ2v) is 4.15. The summed E-state index contributed by atoms with van der Waals surface area (Å²) in [6.07, 6.45) is 9.40. The average molecular weight is 286 g/mol. The second-order valence-electron chi connectivity index (χ2n) is 4.15. The molecule has 0 radical (unpaired) electrons. The number of carboxylic acids is 1. The predicted octanol–water partition coefficient (Wildman–Crippen LogP) is -0.189. The molecular weight excluding hydrogens is 272 g/mol. The van der Waals surface area contributed by atoms with Gasteiger partial charge in [0.25, 0.3) is 5.56 Å². The van der Waals surface area contributed by atoms with E-state index in [1.165, 1.54) is 17.1 Å². The van der Waals surface area contributed by atoms with Gasteiger partial charge >= 0.3 is 5.97 Å². The highest BCUT2D eigenvalue weighted by molar-refractivity contribution is 5.86. The van der Waals surface area contributed by atoms with Crippen LogP contribution in [0.2, 0.25) is 0 Å². The molecule has 0 spiro atoms. The van der Waals surface area contributed by atoms with Crippen molar-refractivity contribution in [2.45, 2.75) is 13.8 Å². The molecule has 0 saturated heterocycles. The summed E-state index contributed by atoms with van der Waals surface area (Å²) >= 11 is 0. The summed E-state index contributed by atoms with van der Waals surface area (Å²) in [7, 11) is 0. The van der Waals surface area contributed by atoms with E-state index in [9.17, 15) is 9.59 Å². The first-order valence-corrected chi connectivity index (χ1v) is 6.25. The number of nitrogens with one attached hydrogen (secondary N) is 1. The van der Waals surface area contributed by atoms with Gasteiger partial charge in [0, 0.05) is 6.20 Å². The average Bonchev–Trinajstić information content (AvgIpc) is 2.95. The highest BCUT2D eigenvalue weighted by atomic mass is 16.4. The van der Waals surface area contributed by atoms with Crippen molar-refractivity contribution in [2.24, 2.45) is 0 Å². The minimum Gasteiger partial charge on any atom is -0.478 e. The van der Waals surface area contributed by atoms with Gasteiger partial charge in [-0.1, -0.05) is 18.2 Å². The normalized spacial score (nSPS) is 13.2. The Labute approximate surface area is 119 Å². The van der Waals surface area contributed by atoms with E-state index < -0.39 is 5.97 Å². The van der Waals surface area contributed by atoms with Crippen LogP contribution in [-0.4, -0.2) is 30.8 Å². The minimum absolute atomic E-state index is 0.0178. The van der Waals surface area contributed by atoms with E-state index in [1.54, 1.807) is 31.2 Å². The fourth-order valence-electron chi connectivity index (χ4n) is 1.72. The van der Waals surface area contributed by atoms with Crippen LogP contribution in [0.4, 0.5) is 0 Å². The van der Waals surface area contributed by atoms with Crippen molar-refractivity contribution < 1.29 is 9.90 Å². The highest BCUT2D eigenvalue weighted by Crippen LogP contribution is 2.00. The quantitative estimate of drug-likeness (QED) is 0.814. The van der Waals surface area contributed by atoms with Crippen molar-refractivity contribution in [3.8, 4) is 5.95 Å². The van der Waals surface area contributed by atoms with Crippen LogP contribution in [0.25, 0.3) is 18.1 Å². The first-order chi connectivity index (χ1) is 10.1. The molecule has 0 saturated carbocycles. The third-order valence-corrected chi connectivity index (χ3v) is 2.75. The van der Waals surface area contributed by atoms with Gasteiger partial charge in [-0.3, -0.25) is 9.78 Å². The van der Waals surface area contributed by atoms with Crippen LogP contribution < -0.4 is 16.1 Å². The van der Waals surface area contributed by atoms with Crippen LogP contribution >= 0.6 is 0 Å². The van der Waals surface area contributed by atoms with Gasteiger partial charge in [0.2, 0.25) is 5.95 Å². The van der Waals surface area contributed by atoms with Crippen LogP contribution in [0.15, 0.2) is 29.3 Å². The minimum atomic E-state index is -1.09. The first-order valence-electron chi connectivity index (χ1n) is 6.25. The number of nitrogens with zero attached hydrogens (tertiary/aromatic N) is 3. The molecule has 2 heterocycles. The zero-order valence-electron chi connectivity index (χ0n) is 11.6. The smallest absolute Gasteiger partial charge is 0.338 e. The van der Waals surface area contributed by atoms with Gasteiger partial charge in [-0.05, 0) is 19.9 Å². The summed E-state index contributed by atoms with van der Waals surface area (Å²) in [5.74, 6) is -0.929. The maximum Gasteiger partial charge on any atom is 0.338 e. The maximum absolute atomic E-state index is 12.1. The Bertz CT molecular complexity index is 874. The number of rotatable bonds is 3. The van der Waals surface area contributed by atoms with Gasteiger partial charge in [0.05, 0.1) is 22.3 Å². The molecule has 7 nitrogen and oxygen atoms in total. The number of H-pyrrole nitrogens is 1. The summed E-state index contributed by atoms with van der Waals surface area (Å²) in [5.41, 5.74) is -0.303. The maximum atomic E-state index is 12.1. The topological polar surface area (TPSA) is 101 Å². The van der Waals surface area contributed by atoms with Gasteiger partial charge in [-0.25, -0.2) is 14.5 Å². The van der Waals surface area contributed by atoms with Gasteiger partial charge in [0.15, 0.2) is 0 Å². The summed E-state index contributed by atoms with van der Waals surface area (Å²) < 4.78 is 1.22. The number of carbonyl (C=O) groups is 1. The first kappa shape index (κ1) is 14.4. The second kappa shape index (κ2) is 6.00. The third-order valence-electron chi connectivity index (χ3n) is 2.75. The summed E-state index contributed by atoms with van der Waals surface area (Å²) in [4.78, 5) is 29.8. The molecular formula is C14H14N4O3. The van der Waals surface area contributed by atoms with Crippen molar-refractivity contribution in [3.63, 3.8) is 0 Å². The van der Waals surface area contributed by atoms with Gasteiger partial charge < -0.3 is 5.11 Å². The van der Waals surface area contributed by atoms with Crippen LogP contribution in [0.5, 0.6) is 0 Å². The van der Waals surface area contributed by atoms with E-state index in [0.29, 0.717) is 10.6 Å². The largest absolute Gasteiger partial charge is 0.478 e. The van der Waals surface area contributed by atoms with Gasteiger partial charge in [-0.15, -0.1) is 0 Å². The van der Waals surface area contributed by atoms with Crippen LogP contribution in [0.1, 0.15) is 24.2 Å². The molecule has 0 aliphatic carbocycles. The van der Waals surface area contributed by atoms with Crippen molar-refractivity contribution in [1.29, 1.82) is 0 Å². The van der Waals surface area contributed by atoms with E-state index in [1.807, 2.05) is 6.92 Å². The number of hydrogen-bond donors (Lipinski definition) is 2. The lowest BCUT2D eigenvalue weighted by Gasteiger charge is -1.99. The molecule has 2 aromatic heterocycles. The van der Waals surface area contributed by atoms with Crippen LogP contribution in [0, 0.1) is 0 Å². The Kier molecular flexibility index (Phi) is 4.13.